The molecule has 9 heteroatoms. The van der Waals surface area contributed by atoms with E-state index in [0.29, 0.717) is 5.69 Å². The molecule has 0 saturated carbocycles. The van der Waals surface area contributed by atoms with Crippen LogP contribution in [-0.4, -0.2) is 46.6 Å². The van der Waals surface area contributed by atoms with E-state index in [1.165, 1.54) is 45.6 Å². The second kappa shape index (κ2) is 8.73. The molecule has 144 valence electrons. The number of amides is 1. The standard InChI is InChI=1S/C19H18N4O5/c1-10(24)14-5-12(20-3)6-15(11(2)25)17(14)18(26)23-16(19(27)28-4)7-13-8-21-9-22-13/h3,5-6,8-9,16H,7H2,1-2,4H3,(H-,21,22,23,26)/p+1/t16-/m1/s1. The largest absolute Gasteiger partial charge is 0.467 e. The Morgan fingerprint density at radius 3 is 2.25 bits per heavy atom. The molecule has 0 radical (unpaired) electrons. The molecule has 0 aliphatic carbocycles. The van der Waals surface area contributed by atoms with Crippen LogP contribution in [0.15, 0.2) is 24.7 Å². The van der Waals surface area contributed by atoms with E-state index in [9.17, 15) is 19.2 Å². The average molecular weight is 383 g/mol. The zero-order valence-electron chi connectivity index (χ0n) is 15.6. The third-order valence-corrected chi connectivity index (χ3v) is 4.03. The number of methoxy groups -OCH3 is 1. The second-order valence-electron chi connectivity index (χ2n) is 5.99. The number of nitrogens with zero attached hydrogens (tertiary/aromatic N) is 2. The Morgan fingerprint density at radius 1 is 1.21 bits per heavy atom. The Bertz CT molecular complexity index is 938. The first kappa shape index (κ1) is 20.5. The van der Waals surface area contributed by atoms with Gasteiger partial charge in [-0.1, -0.05) is 0 Å². The van der Waals surface area contributed by atoms with Crippen LogP contribution >= 0.6 is 0 Å². The first-order valence-electron chi connectivity index (χ1n) is 8.25. The molecule has 0 aliphatic heterocycles. The van der Waals surface area contributed by atoms with Crippen LogP contribution in [0.5, 0.6) is 0 Å². The van der Waals surface area contributed by atoms with Crippen molar-refractivity contribution in [3.63, 3.8) is 0 Å². The normalized spacial score (nSPS) is 11.2. The highest BCUT2D eigenvalue weighted by Crippen LogP contribution is 2.25. The quantitative estimate of drug-likeness (QED) is 0.556. The lowest BCUT2D eigenvalue weighted by atomic mass is 9.94. The predicted molar refractivity (Wildman–Crippen MR) is 100.0 cm³/mol. The maximum Gasteiger partial charge on any atom is 0.341 e. The van der Waals surface area contributed by atoms with E-state index in [2.05, 4.69) is 20.1 Å². The lowest BCUT2D eigenvalue weighted by Crippen LogP contribution is -2.44. The molecule has 2 aromatic rings. The Kier molecular flexibility index (Phi) is 6.39. The summed E-state index contributed by atoms with van der Waals surface area (Å²) in [6.45, 7) is 7.76. The van der Waals surface area contributed by atoms with Crippen LogP contribution in [0.2, 0.25) is 0 Å². The number of H-pyrrole nitrogens is 1. The molecule has 9 nitrogen and oxygen atoms in total. The molecule has 2 rings (SSSR count). The SMILES string of the molecule is C#[N+]c1cc(C(C)=O)c(C(=O)N[C@H](Cc2cnc[nH]2)C(=O)OC)c(C(C)=O)c1. The summed E-state index contributed by atoms with van der Waals surface area (Å²) in [5, 5.41) is 2.52. The molecular weight excluding hydrogens is 364 g/mol. The number of hydrogen-bond acceptors (Lipinski definition) is 6. The fourth-order valence-corrected chi connectivity index (χ4v) is 2.68. The number of carbonyl (C=O) groups is 4. The van der Waals surface area contributed by atoms with Gasteiger partial charge in [0.1, 0.15) is 6.04 Å². The Morgan fingerprint density at radius 2 is 1.82 bits per heavy atom. The molecule has 1 heterocycles. The maximum absolute atomic E-state index is 12.9. The summed E-state index contributed by atoms with van der Waals surface area (Å²) in [5.41, 5.74) is 0.561. The number of benzene rings is 1. The summed E-state index contributed by atoms with van der Waals surface area (Å²) in [4.78, 5) is 59.4. The van der Waals surface area contributed by atoms with Crippen molar-refractivity contribution < 1.29 is 23.9 Å². The van der Waals surface area contributed by atoms with Crippen molar-refractivity contribution >= 4 is 29.1 Å². The van der Waals surface area contributed by atoms with Crippen molar-refractivity contribution in [1.82, 2.24) is 15.3 Å². The minimum atomic E-state index is -1.06. The van der Waals surface area contributed by atoms with Gasteiger partial charge in [0.15, 0.2) is 11.6 Å². The number of aromatic nitrogens is 2. The molecule has 1 atom stereocenters. The lowest BCUT2D eigenvalue weighted by Gasteiger charge is -2.18. The van der Waals surface area contributed by atoms with Crippen LogP contribution in [0.25, 0.3) is 4.85 Å². The van der Waals surface area contributed by atoms with Crippen molar-refractivity contribution in [2.24, 2.45) is 0 Å². The molecule has 0 saturated heterocycles. The molecule has 0 aliphatic rings. The Balaban J connectivity index is 2.48. The van der Waals surface area contributed by atoms with Gasteiger partial charge in [0.05, 0.1) is 19.0 Å². The summed E-state index contributed by atoms with van der Waals surface area (Å²) < 4.78 is 4.74. The van der Waals surface area contributed by atoms with E-state index in [1.54, 1.807) is 0 Å². The van der Waals surface area contributed by atoms with Gasteiger partial charge in [0, 0.05) is 41.6 Å². The summed E-state index contributed by atoms with van der Waals surface area (Å²) in [6, 6.07) is 1.56. The molecular formula is C19H19N4O5+. The molecule has 2 N–H and O–H groups in total. The highest BCUT2D eigenvalue weighted by Gasteiger charge is 2.29. The van der Waals surface area contributed by atoms with Gasteiger partial charge in [-0.25, -0.2) is 9.78 Å². The van der Waals surface area contributed by atoms with Crippen LogP contribution in [-0.2, 0) is 16.0 Å². The summed E-state index contributed by atoms with van der Waals surface area (Å²) >= 11 is 0. The highest BCUT2D eigenvalue weighted by molar-refractivity contribution is 6.15. The van der Waals surface area contributed by atoms with Crippen molar-refractivity contribution in [2.45, 2.75) is 26.3 Å². The fraction of sp³-hybridized carbons (Fsp3) is 0.263. The number of carbonyl (C=O) groups excluding carboxylic acids is 4. The number of nitrogens with one attached hydrogen (secondary N) is 2. The van der Waals surface area contributed by atoms with Gasteiger partial charge in [0.25, 0.3) is 12.5 Å². The van der Waals surface area contributed by atoms with Gasteiger partial charge >= 0.3 is 11.7 Å². The third-order valence-electron chi connectivity index (χ3n) is 4.03. The van der Waals surface area contributed by atoms with Gasteiger partial charge < -0.3 is 15.0 Å². The van der Waals surface area contributed by atoms with Gasteiger partial charge in [0.2, 0.25) is 0 Å². The fourth-order valence-electron chi connectivity index (χ4n) is 2.68. The third kappa shape index (κ3) is 4.48. The van der Waals surface area contributed by atoms with Gasteiger partial charge in [-0.2, -0.15) is 0 Å². The molecule has 0 spiro atoms. The average Bonchev–Trinajstić information content (AvgIpc) is 3.18. The number of ketones is 2. The van der Waals surface area contributed by atoms with Crippen molar-refractivity contribution in [3.8, 4) is 6.57 Å². The molecule has 0 unspecified atom stereocenters. The number of rotatable bonds is 7. The molecule has 0 bridgehead atoms. The second-order valence-corrected chi connectivity index (χ2v) is 5.99. The lowest BCUT2D eigenvalue weighted by molar-refractivity contribution is -0.142. The van der Waals surface area contributed by atoms with Crippen LogP contribution in [0.4, 0.5) is 5.69 Å². The van der Waals surface area contributed by atoms with E-state index in [4.69, 9.17) is 11.3 Å². The topological polar surface area (TPSA) is 123 Å². The van der Waals surface area contributed by atoms with Crippen LogP contribution in [0.3, 0.4) is 0 Å². The molecule has 28 heavy (non-hydrogen) atoms. The number of ether oxygens (including phenoxy) is 1. The van der Waals surface area contributed by atoms with Crippen LogP contribution < -0.4 is 5.32 Å². The summed E-state index contributed by atoms with van der Waals surface area (Å²) in [5.74, 6) is -2.37. The number of esters is 1. The highest BCUT2D eigenvalue weighted by atomic mass is 16.5. The first-order chi connectivity index (χ1) is 13.3. The van der Waals surface area contributed by atoms with Crippen molar-refractivity contribution in [3.05, 3.63) is 51.9 Å². The number of imidazole rings is 1. The smallest absolute Gasteiger partial charge is 0.341 e. The van der Waals surface area contributed by atoms with E-state index in [1.807, 2.05) is 0 Å². The van der Waals surface area contributed by atoms with E-state index < -0.39 is 29.5 Å². The maximum atomic E-state index is 12.9. The number of aromatic amines is 1. The van der Waals surface area contributed by atoms with Crippen molar-refractivity contribution in [1.29, 1.82) is 0 Å². The monoisotopic (exact) mass is 383 g/mol. The molecule has 1 amide bonds. The number of hydrogen-bond donors (Lipinski definition) is 2. The number of Topliss-reactive ketones (excluding diaryl/α,β-unsaturated/α-hetero) is 2. The van der Waals surface area contributed by atoms with E-state index >= 15 is 0 Å². The van der Waals surface area contributed by atoms with Gasteiger partial charge in [-0.3, -0.25) is 14.4 Å². The van der Waals surface area contributed by atoms with E-state index in [0.717, 1.165) is 0 Å². The van der Waals surface area contributed by atoms with Gasteiger partial charge in [-0.05, 0) is 18.7 Å². The predicted octanol–water partition coefficient (Wildman–Crippen LogP) is 1.92. The van der Waals surface area contributed by atoms with Crippen LogP contribution in [0.1, 0.15) is 50.6 Å². The summed E-state index contributed by atoms with van der Waals surface area (Å²) in [7, 11) is 1.19. The van der Waals surface area contributed by atoms with Gasteiger partial charge in [-0.15, -0.1) is 0 Å². The Hall–Kier alpha value is -3.80. The molecule has 1 aromatic carbocycles. The zero-order valence-corrected chi connectivity index (χ0v) is 15.6. The van der Waals surface area contributed by atoms with E-state index in [-0.39, 0.29) is 28.8 Å². The first-order valence-corrected chi connectivity index (χ1v) is 8.25. The minimum absolute atomic E-state index is 0.0282. The molecule has 1 aromatic heterocycles. The molecule has 0 fully saturated rings. The minimum Gasteiger partial charge on any atom is -0.467 e. The Labute approximate surface area is 160 Å². The van der Waals surface area contributed by atoms with Crippen molar-refractivity contribution in [2.75, 3.05) is 7.11 Å². The van der Waals surface area contributed by atoms with Crippen LogP contribution in [0, 0.1) is 6.57 Å². The summed E-state index contributed by atoms with van der Waals surface area (Å²) in [6.07, 6.45) is 3.02. The zero-order chi connectivity index (χ0) is 20.8.